The monoisotopic (exact) mass is 322 g/mol. The zero-order chi connectivity index (χ0) is 17.6. The Balaban J connectivity index is 2.04. The SMILES string of the molecule is CC1=C(/C=C/C(C)=C/C=C/c2ccc(CO)cc2)C(C)(C)CCC1. The van der Waals surface area contributed by atoms with Crippen LogP contribution < -0.4 is 0 Å². The molecular weight excluding hydrogens is 292 g/mol. The van der Waals surface area contributed by atoms with Gasteiger partial charge in [-0.05, 0) is 55.2 Å². The fraction of sp³-hybridized carbons (Fsp3) is 0.391. The topological polar surface area (TPSA) is 20.2 Å². The van der Waals surface area contributed by atoms with E-state index in [0.29, 0.717) is 5.41 Å². The molecule has 1 aliphatic rings. The molecular formula is C23H30O. The molecule has 1 N–H and O–H groups in total. The van der Waals surface area contributed by atoms with E-state index in [4.69, 9.17) is 5.11 Å². The minimum atomic E-state index is 0.0966. The van der Waals surface area contributed by atoms with Crippen molar-refractivity contribution in [2.75, 3.05) is 0 Å². The number of allylic oxidation sites excluding steroid dienone is 7. The molecule has 0 unspecified atom stereocenters. The summed E-state index contributed by atoms with van der Waals surface area (Å²) in [5.74, 6) is 0. The highest BCUT2D eigenvalue weighted by Gasteiger charge is 2.26. The molecule has 0 amide bonds. The lowest BCUT2D eigenvalue weighted by atomic mass is 9.72. The van der Waals surface area contributed by atoms with Gasteiger partial charge in [-0.1, -0.05) is 79.6 Å². The van der Waals surface area contributed by atoms with Gasteiger partial charge in [-0.3, -0.25) is 0 Å². The summed E-state index contributed by atoms with van der Waals surface area (Å²) < 4.78 is 0. The summed E-state index contributed by atoms with van der Waals surface area (Å²) in [5, 5.41) is 9.06. The first-order chi connectivity index (χ1) is 11.4. The van der Waals surface area contributed by atoms with Gasteiger partial charge in [-0.2, -0.15) is 0 Å². The lowest BCUT2D eigenvalue weighted by Gasteiger charge is -2.32. The quantitative estimate of drug-likeness (QED) is 0.638. The van der Waals surface area contributed by atoms with Gasteiger partial charge in [0.1, 0.15) is 0 Å². The number of rotatable bonds is 5. The van der Waals surface area contributed by atoms with E-state index < -0.39 is 0 Å². The largest absolute Gasteiger partial charge is 0.392 e. The lowest BCUT2D eigenvalue weighted by Crippen LogP contribution is -2.19. The molecule has 0 aliphatic heterocycles. The molecule has 1 nitrogen and oxygen atoms in total. The maximum Gasteiger partial charge on any atom is 0.0681 e. The first-order valence-corrected chi connectivity index (χ1v) is 8.85. The van der Waals surface area contributed by atoms with E-state index in [0.717, 1.165) is 11.1 Å². The van der Waals surface area contributed by atoms with Gasteiger partial charge in [0, 0.05) is 0 Å². The second kappa shape index (κ2) is 8.30. The zero-order valence-corrected chi connectivity index (χ0v) is 15.5. The van der Waals surface area contributed by atoms with E-state index in [-0.39, 0.29) is 6.61 Å². The average Bonchev–Trinajstić information content (AvgIpc) is 2.54. The molecule has 0 bridgehead atoms. The van der Waals surface area contributed by atoms with E-state index >= 15 is 0 Å². The number of benzene rings is 1. The van der Waals surface area contributed by atoms with E-state index in [2.05, 4.69) is 58.1 Å². The molecule has 0 fully saturated rings. The molecule has 1 aliphatic carbocycles. The Morgan fingerprint density at radius 3 is 2.50 bits per heavy atom. The number of hydrogen-bond donors (Lipinski definition) is 1. The lowest BCUT2D eigenvalue weighted by molar-refractivity contribution is 0.282. The molecule has 0 atom stereocenters. The zero-order valence-electron chi connectivity index (χ0n) is 15.5. The highest BCUT2D eigenvalue weighted by molar-refractivity contribution is 5.52. The van der Waals surface area contributed by atoms with Crippen LogP contribution in [0.5, 0.6) is 0 Å². The van der Waals surface area contributed by atoms with Crippen LogP contribution in [0.4, 0.5) is 0 Å². The van der Waals surface area contributed by atoms with Gasteiger partial charge in [0.25, 0.3) is 0 Å². The smallest absolute Gasteiger partial charge is 0.0681 e. The first-order valence-electron chi connectivity index (χ1n) is 8.85. The van der Waals surface area contributed by atoms with Gasteiger partial charge in [0.05, 0.1) is 6.61 Å². The molecule has 1 aromatic carbocycles. The van der Waals surface area contributed by atoms with E-state index in [1.165, 1.54) is 36.0 Å². The molecule has 0 spiro atoms. The molecule has 0 saturated carbocycles. The first kappa shape index (κ1) is 18.5. The van der Waals surface area contributed by atoms with Crippen LogP contribution in [0.25, 0.3) is 6.08 Å². The van der Waals surface area contributed by atoms with Crippen molar-refractivity contribution in [3.8, 4) is 0 Å². The number of hydrogen-bond acceptors (Lipinski definition) is 1. The minimum Gasteiger partial charge on any atom is -0.392 e. The van der Waals surface area contributed by atoms with Crippen LogP contribution >= 0.6 is 0 Å². The predicted octanol–water partition coefficient (Wildman–Crippen LogP) is 6.22. The highest BCUT2D eigenvalue weighted by Crippen LogP contribution is 2.40. The molecule has 1 aromatic rings. The Bertz CT molecular complexity index is 666. The maximum absolute atomic E-state index is 9.06. The molecule has 2 rings (SSSR count). The second-order valence-electron chi connectivity index (χ2n) is 7.43. The van der Waals surface area contributed by atoms with Gasteiger partial charge in [-0.15, -0.1) is 0 Å². The molecule has 0 aromatic heterocycles. The van der Waals surface area contributed by atoms with Gasteiger partial charge >= 0.3 is 0 Å². The van der Waals surface area contributed by atoms with Crippen LogP contribution in [0.1, 0.15) is 58.1 Å². The van der Waals surface area contributed by atoms with Crippen molar-refractivity contribution in [1.82, 2.24) is 0 Å². The Labute approximate surface area is 147 Å². The summed E-state index contributed by atoms with van der Waals surface area (Å²) in [6.07, 6.45) is 14.7. The van der Waals surface area contributed by atoms with Crippen molar-refractivity contribution in [1.29, 1.82) is 0 Å². The van der Waals surface area contributed by atoms with Crippen molar-refractivity contribution in [3.63, 3.8) is 0 Å². The molecule has 0 radical (unpaired) electrons. The fourth-order valence-corrected chi connectivity index (χ4v) is 3.33. The van der Waals surface area contributed by atoms with Gasteiger partial charge in [0.2, 0.25) is 0 Å². The molecule has 1 heteroatoms. The standard InChI is InChI=1S/C23H30O/c1-18(7-5-9-20-11-13-21(17-24)14-12-20)10-15-22-19(2)8-6-16-23(22,3)4/h5,7,9-15,24H,6,8,16-17H2,1-4H3/b9-5+,15-10+,18-7+. The summed E-state index contributed by atoms with van der Waals surface area (Å²) >= 11 is 0. The molecule has 0 heterocycles. The number of aliphatic hydroxyl groups is 1. The van der Waals surface area contributed by atoms with E-state index in [1.807, 2.05) is 24.3 Å². The predicted molar refractivity (Wildman–Crippen MR) is 105 cm³/mol. The summed E-state index contributed by atoms with van der Waals surface area (Å²) in [6.45, 7) is 9.21. The van der Waals surface area contributed by atoms with E-state index in [9.17, 15) is 0 Å². The van der Waals surface area contributed by atoms with Crippen molar-refractivity contribution >= 4 is 6.08 Å². The maximum atomic E-state index is 9.06. The van der Waals surface area contributed by atoms with Crippen LogP contribution in [-0.2, 0) is 6.61 Å². The Morgan fingerprint density at radius 2 is 1.88 bits per heavy atom. The summed E-state index contributed by atoms with van der Waals surface area (Å²) in [5.41, 5.74) is 6.68. The minimum absolute atomic E-state index is 0.0966. The normalized spacial score (nSPS) is 18.8. The van der Waals surface area contributed by atoms with Gasteiger partial charge in [0.15, 0.2) is 0 Å². The second-order valence-corrected chi connectivity index (χ2v) is 7.43. The van der Waals surface area contributed by atoms with Crippen LogP contribution in [-0.4, -0.2) is 5.11 Å². The third kappa shape index (κ3) is 5.07. The van der Waals surface area contributed by atoms with Crippen molar-refractivity contribution in [2.45, 2.75) is 53.6 Å². The summed E-state index contributed by atoms with van der Waals surface area (Å²) in [6, 6.07) is 7.96. The van der Waals surface area contributed by atoms with E-state index in [1.54, 1.807) is 0 Å². The Hall–Kier alpha value is -1.86. The molecule has 0 saturated heterocycles. The molecule has 128 valence electrons. The third-order valence-electron chi connectivity index (χ3n) is 4.87. The van der Waals surface area contributed by atoms with Crippen LogP contribution in [0.15, 0.2) is 65.3 Å². The number of aliphatic hydroxyl groups excluding tert-OH is 1. The van der Waals surface area contributed by atoms with Crippen LogP contribution in [0.3, 0.4) is 0 Å². The highest BCUT2D eigenvalue weighted by atomic mass is 16.3. The van der Waals surface area contributed by atoms with Gasteiger partial charge < -0.3 is 5.11 Å². The Morgan fingerprint density at radius 1 is 1.17 bits per heavy atom. The van der Waals surface area contributed by atoms with Crippen molar-refractivity contribution in [2.24, 2.45) is 5.41 Å². The van der Waals surface area contributed by atoms with Gasteiger partial charge in [-0.25, -0.2) is 0 Å². The summed E-state index contributed by atoms with van der Waals surface area (Å²) in [7, 11) is 0. The summed E-state index contributed by atoms with van der Waals surface area (Å²) in [4.78, 5) is 0. The third-order valence-corrected chi connectivity index (χ3v) is 4.87. The van der Waals surface area contributed by atoms with Crippen molar-refractivity contribution < 1.29 is 5.11 Å². The van der Waals surface area contributed by atoms with Crippen molar-refractivity contribution in [3.05, 3.63) is 76.4 Å². The Kier molecular flexibility index (Phi) is 6.39. The van der Waals surface area contributed by atoms with Crippen LogP contribution in [0, 0.1) is 5.41 Å². The fourth-order valence-electron chi connectivity index (χ4n) is 3.33. The average molecular weight is 322 g/mol. The van der Waals surface area contributed by atoms with Crippen LogP contribution in [0.2, 0.25) is 0 Å². The molecule has 24 heavy (non-hydrogen) atoms.